The average molecular weight is 430 g/mol. The summed E-state index contributed by atoms with van der Waals surface area (Å²) >= 11 is 0. The average Bonchev–Trinajstić information content (AvgIpc) is 3.05. The number of carbonyl (C=O) groups excluding carboxylic acids is 2. The van der Waals surface area contributed by atoms with Crippen molar-refractivity contribution in [3.05, 3.63) is 70.8 Å². The number of hydrogen-bond donors (Lipinski definition) is 2. The molecule has 9 nitrogen and oxygen atoms in total. The highest BCUT2D eigenvalue weighted by Crippen LogP contribution is 2.36. The molecule has 1 aromatic carbocycles. The highest BCUT2D eigenvalue weighted by molar-refractivity contribution is 6.15. The first-order valence-corrected chi connectivity index (χ1v) is 9.87. The molecule has 0 aliphatic rings. The molecule has 32 heavy (non-hydrogen) atoms. The Morgan fingerprint density at radius 2 is 1.78 bits per heavy atom. The molecular formula is C23H22N6O3. The number of nitrogens with zero attached hydrogens (tertiary/aromatic N) is 4. The summed E-state index contributed by atoms with van der Waals surface area (Å²) in [5.41, 5.74) is 15.3. The lowest BCUT2D eigenvalue weighted by Crippen LogP contribution is -2.21. The molecule has 0 fully saturated rings. The maximum absolute atomic E-state index is 12.6. The minimum absolute atomic E-state index is 0.0191. The van der Waals surface area contributed by atoms with Crippen molar-refractivity contribution in [2.75, 3.05) is 7.11 Å². The maximum atomic E-state index is 12.6. The Morgan fingerprint density at radius 3 is 2.41 bits per heavy atom. The van der Waals surface area contributed by atoms with E-state index in [1.807, 2.05) is 13.0 Å². The zero-order valence-electron chi connectivity index (χ0n) is 17.9. The van der Waals surface area contributed by atoms with Crippen molar-refractivity contribution in [2.24, 2.45) is 11.5 Å². The predicted octanol–water partition coefficient (Wildman–Crippen LogP) is 2.36. The molecule has 0 saturated carbocycles. The topological polar surface area (TPSA) is 139 Å². The van der Waals surface area contributed by atoms with Crippen molar-refractivity contribution in [1.29, 1.82) is 0 Å². The van der Waals surface area contributed by atoms with Gasteiger partial charge in [0.05, 0.1) is 30.4 Å². The summed E-state index contributed by atoms with van der Waals surface area (Å²) in [6, 6.07) is 10.7. The van der Waals surface area contributed by atoms with Gasteiger partial charge in [0.1, 0.15) is 5.69 Å². The van der Waals surface area contributed by atoms with Gasteiger partial charge in [0.15, 0.2) is 0 Å². The fourth-order valence-corrected chi connectivity index (χ4v) is 3.90. The number of aromatic nitrogens is 4. The Morgan fingerprint density at radius 1 is 1.03 bits per heavy atom. The van der Waals surface area contributed by atoms with E-state index in [0.29, 0.717) is 40.1 Å². The lowest BCUT2D eigenvalue weighted by Gasteiger charge is -2.14. The van der Waals surface area contributed by atoms with Crippen LogP contribution in [0.5, 0.6) is 5.88 Å². The standard InChI is InChI=1S/C23H22N6O3/c1-12-18(13(2)29(28-12)11-14-8-9-17(32-3)26-10-14)20-19(22(24)30)15-6-4-5-7-16(15)27-21(20)23(25)31/h4-10H,11H2,1-3H3,(H2,24,30)(H2,25,31). The van der Waals surface area contributed by atoms with E-state index in [2.05, 4.69) is 15.1 Å². The molecule has 0 atom stereocenters. The van der Waals surface area contributed by atoms with Crippen molar-refractivity contribution in [2.45, 2.75) is 20.4 Å². The van der Waals surface area contributed by atoms with Crippen LogP contribution in [0.15, 0.2) is 42.6 Å². The SMILES string of the molecule is COc1ccc(Cn2nc(C)c(-c3c(C(N)=O)nc4ccccc4c3C(N)=O)c2C)cn1. The molecule has 4 N–H and O–H groups in total. The summed E-state index contributed by atoms with van der Waals surface area (Å²) in [5.74, 6) is -0.909. The van der Waals surface area contributed by atoms with Crippen LogP contribution in [0.4, 0.5) is 0 Å². The van der Waals surface area contributed by atoms with Gasteiger partial charge in [-0.15, -0.1) is 0 Å². The molecule has 0 saturated heterocycles. The number of benzene rings is 1. The second kappa shape index (κ2) is 8.10. The molecule has 0 aliphatic carbocycles. The number of para-hydroxylation sites is 1. The van der Waals surface area contributed by atoms with Crippen LogP contribution >= 0.6 is 0 Å². The van der Waals surface area contributed by atoms with Gasteiger partial charge in [0.2, 0.25) is 11.8 Å². The van der Waals surface area contributed by atoms with Crippen LogP contribution in [-0.2, 0) is 6.54 Å². The molecular weight excluding hydrogens is 408 g/mol. The number of rotatable bonds is 6. The van der Waals surface area contributed by atoms with E-state index in [4.69, 9.17) is 16.2 Å². The number of ether oxygens (including phenoxy) is 1. The van der Waals surface area contributed by atoms with Gasteiger partial charge in [-0.25, -0.2) is 9.97 Å². The Bertz CT molecular complexity index is 1360. The minimum atomic E-state index is -0.751. The summed E-state index contributed by atoms with van der Waals surface area (Å²) in [6.07, 6.45) is 1.70. The van der Waals surface area contributed by atoms with E-state index in [9.17, 15) is 9.59 Å². The van der Waals surface area contributed by atoms with Crippen LogP contribution in [-0.4, -0.2) is 38.7 Å². The number of amides is 2. The van der Waals surface area contributed by atoms with Gasteiger partial charge in [0, 0.05) is 34.5 Å². The van der Waals surface area contributed by atoms with E-state index in [-0.39, 0.29) is 11.3 Å². The lowest BCUT2D eigenvalue weighted by molar-refractivity contribution is 0.0996. The largest absolute Gasteiger partial charge is 0.481 e. The number of nitrogens with two attached hydrogens (primary N) is 2. The molecule has 4 aromatic rings. The summed E-state index contributed by atoms with van der Waals surface area (Å²) in [7, 11) is 1.56. The summed E-state index contributed by atoms with van der Waals surface area (Å²) < 4.78 is 6.88. The lowest BCUT2D eigenvalue weighted by atomic mass is 9.92. The van der Waals surface area contributed by atoms with Crippen molar-refractivity contribution < 1.29 is 14.3 Å². The molecule has 0 spiro atoms. The van der Waals surface area contributed by atoms with Gasteiger partial charge in [-0.3, -0.25) is 14.3 Å². The highest BCUT2D eigenvalue weighted by atomic mass is 16.5. The molecule has 9 heteroatoms. The first kappa shape index (κ1) is 21.0. The molecule has 2 amide bonds. The number of aryl methyl sites for hydroxylation is 1. The molecule has 162 valence electrons. The number of primary amides is 2. The third-order valence-corrected chi connectivity index (χ3v) is 5.34. The quantitative estimate of drug-likeness (QED) is 0.481. The monoisotopic (exact) mass is 430 g/mol. The fraction of sp³-hybridized carbons (Fsp3) is 0.174. The molecule has 0 bridgehead atoms. The normalized spacial score (nSPS) is 11.0. The Labute approximate surface area is 184 Å². The third-order valence-electron chi connectivity index (χ3n) is 5.34. The molecule has 3 heterocycles. The first-order valence-electron chi connectivity index (χ1n) is 9.87. The first-order chi connectivity index (χ1) is 15.3. The van der Waals surface area contributed by atoms with E-state index in [1.54, 1.807) is 55.2 Å². The van der Waals surface area contributed by atoms with Gasteiger partial charge in [-0.1, -0.05) is 24.3 Å². The predicted molar refractivity (Wildman–Crippen MR) is 119 cm³/mol. The second-order valence-electron chi connectivity index (χ2n) is 7.37. The number of hydrogen-bond acceptors (Lipinski definition) is 6. The van der Waals surface area contributed by atoms with E-state index in [0.717, 1.165) is 11.3 Å². The highest BCUT2D eigenvalue weighted by Gasteiger charge is 2.27. The third kappa shape index (κ3) is 3.53. The summed E-state index contributed by atoms with van der Waals surface area (Å²) in [5, 5.41) is 5.18. The van der Waals surface area contributed by atoms with E-state index in [1.165, 1.54) is 0 Å². The summed E-state index contributed by atoms with van der Waals surface area (Å²) in [4.78, 5) is 33.6. The van der Waals surface area contributed by atoms with E-state index < -0.39 is 11.8 Å². The smallest absolute Gasteiger partial charge is 0.267 e. The number of methoxy groups -OCH3 is 1. The van der Waals surface area contributed by atoms with Crippen LogP contribution in [0.1, 0.15) is 37.8 Å². The van der Waals surface area contributed by atoms with E-state index >= 15 is 0 Å². The van der Waals surface area contributed by atoms with Gasteiger partial charge in [-0.2, -0.15) is 5.10 Å². The second-order valence-corrected chi connectivity index (χ2v) is 7.37. The molecule has 3 aromatic heterocycles. The molecule has 0 radical (unpaired) electrons. The van der Waals surface area contributed by atoms with Crippen LogP contribution in [0.25, 0.3) is 22.0 Å². The minimum Gasteiger partial charge on any atom is -0.481 e. The Hall–Kier alpha value is -4.27. The Kier molecular flexibility index (Phi) is 5.31. The fourth-order valence-electron chi connectivity index (χ4n) is 3.90. The zero-order chi connectivity index (χ0) is 23.0. The summed E-state index contributed by atoms with van der Waals surface area (Å²) in [6.45, 7) is 4.09. The van der Waals surface area contributed by atoms with Crippen molar-refractivity contribution in [1.82, 2.24) is 19.7 Å². The van der Waals surface area contributed by atoms with Crippen LogP contribution < -0.4 is 16.2 Å². The number of pyridine rings is 2. The van der Waals surface area contributed by atoms with Gasteiger partial charge < -0.3 is 16.2 Å². The van der Waals surface area contributed by atoms with Crippen molar-refractivity contribution in [3.8, 4) is 17.0 Å². The van der Waals surface area contributed by atoms with Gasteiger partial charge in [0.25, 0.3) is 5.91 Å². The van der Waals surface area contributed by atoms with Crippen LogP contribution in [0.2, 0.25) is 0 Å². The maximum Gasteiger partial charge on any atom is 0.267 e. The molecule has 0 aliphatic heterocycles. The van der Waals surface area contributed by atoms with Gasteiger partial charge in [-0.05, 0) is 25.5 Å². The van der Waals surface area contributed by atoms with Crippen molar-refractivity contribution in [3.63, 3.8) is 0 Å². The van der Waals surface area contributed by atoms with Crippen LogP contribution in [0, 0.1) is 13.8 Å². The number of fused-ring (bicyclic) bond motifs is 1. The molecule has 0 unspecified atom stereocenters. The van der Waals surface area contributed by atoms with Gasteiger partial charge >= 0.3 is 0 Å². The molecule has 4 rings (SSSR count). The Balaban J connectivity index is 1.94. The number of carbonyl (C=O) groups is 2. The van der Waals surface area contributed by atoms with Crippen molar-refractivity contribution >= 4 is 22.7 Å². The zero-order valence-corrected chi connectivity index (χ0v) is 17.9. The van der Waals surface area contributed by atoms with Crippen LogP contribution in [0.3, 0.4) is 0 Å².